The van der Waals surface area contributed by atoms with Gasteiger partial charge in [0.1, 0.15) is 18.1 Å². The third-order valence-corrected chi connectivity index (χ3v) is 9.39. The topological polar surface area (TPSA) is 104 Å². The maximum Gasteiger partial charge on any atom is 0.334 e. The van der Waals surface area contributed by atoms with Crippen LogP contribution >= 0.6 is 23.5 Å². The fraction of sp³-hybridized carbons (Fsp3) is 0.258. The Kier molecular flexibility index (Phi) is 7.06. The van der Waals surface area contributed by atoms with Crippen molar-refractivity contribution in [2.75, 3.05) is 0 Å². The Morgan fingerprint density at radius 3 is 1.98 bits per heavy atom. The summed E-state index contributed by atoms with van der Waals surface area (Å²) >= 11 is 7.84. The van der Waals surface area contributed by atoms with Gasteiger partial charge in [0.15, 0.2) is 12.1 Å². The Morgan fingerprint density at radius 2 is 1.40 bits per heavy atom. The van der Waals surface area contributed by atoms with Gasteiger partial charge in [-0.15, -0.1) is 0 Å². The second-order valence-corrected chi connectivity index (χ2v) is 12.8. The lowest BCUT2D eigenvalue weighted by molar-refractivity contribution is -0.162. The molecule has 2 saturated heterocycles. The number of amides is 4. The molecule has 0 unspecified atom stereocenters. The van der Waals surface area contributed by atoms with Crippen molar-refractivity contribution in [1.82, 2.24) is 14.1 Å². The van der Waals surface area contributed by atoms with E-state index in [0.29, 0.717) is 5.56 Å². The highest BCUT2D eigenvalue weighted by molar-refractivity contribution is 7.99. The largest absolute Gasteiger partial charge is 0.459 e. The molecule has 0 N–H and O–H groups in total. The van der Waals surface area contributed by atoms with E-state index < -0.39 is 58.0 Å². The molecular weight excluding hydrogens is 578 g/mol. The molecule has 3 aromatic carbocycles. The van der Waals surface area contributed by atoms with Crippen molar-refractivity contribution in [3.63, 3.8) is 0 Å². The minimum atomic E-state index is -1.25. The van der Waals surface area contributed by atoms with Crippen LogP contribution < -0.4 is 0 Å². The maximum atomic E-state index is 14.1. The lowest BCUT2D eigenvalue weighted by atomic mass is 9.93. The monoisotopic (exact) mass is 603 g/mol. The minimum Gasteiger partial charge on any atom is -0.459 e. The van der Waals surface area contributed by atoms with Crippen LogP contribution in [0.3, 0.4) is 0 Å². The fourth-order valence-corrected chi connectivity index (χ4v) is 7.39. The van der Waals surface area contributed by atoms with Crippen molar-refractivity contribution < 1.29 is 28.7 Å². The van der Waals surface area contributed by atoms with Crippen molar-refractivity contribution >= 4 is 53.1 Å². The van der Waals surface area contributed by atoms with E-state index in [9.17, 15) is 24.0 Å². The number of rotatable bonds is 7. The minimum absolute atomic E-state index is 0.0266. The van der Waals surface area contributed by atoms with E-state index in [1.54, 1.807) is 56.3 Å². The second kappa shape index (κ2) is 10.6. The van der Waals surface area contributed by atoms with Crippen molar-refractivity contribution in [1.29, 1.82) is 0 Å². The van der Waals surface area contributed by atoms with Crippen LogP contribution in [0.2, 0.25) is 0 Å². The third-order valence-electron chi connectivity index (χ3n) is 7.66. The van der Waals surface area contributed by atoms with E-state index in [2.05, 4.69) is 0 Å². The zero-order valence-electron chi connectivity index (χ0n) is 22.7. The number of halogens is 1. The van der Waals surface area contributed by atoms with E-state index in [0.717, 1.165) is 22.4 Å². The molecule has 3 aliphatic rings. The van der Waals surface area contributed by atoms with Gasteiger partial charge in [-0.1, -0.05) is 84.4 Å². The predicted molar refractivity (Wildman–Crippen MR) is 155 cm³/mol. The number of carbonyl (C=O) groups is 5. The first kappa shape index (κ1) is 28.0. The van der Waals surface area contributed by atoms with Crippen LogP contribution in [0.15, 0.2) is 84.9 Å². The van der Waals surface area contributed by atoms with Gasteiger partial charge in [-0.05, 0) is 49.1 Å². The first-order chi connectivity index (χ1) is 20.1. The predicted octanol–water partition coefficient (Wildman–Crippen LogP) is 4.18. The molecule has 0 saturated carbocycles. The summed E-state index contributed by atoms with van der Waals surface area (Å²) in [5, 5.41) is 0. The number of ether oxygens (including phenoxy) is 1. The van der Waals surface area contributed by atoms with Crippen LogP contribution in [-0.2, 0) is 25.7 Å². The summed E-state index contributed by atoms with van der Waals surface area (Å²) in [4.78, 5) is 69.4. The summed E-state index contributed by atoms with van der Waals surface area (Å²) in [6.07, 6.45) is 0. The van der Waals surface area contributed by atoms with Crippen LogP contribution in [0.1, 0.15) is 51.7 Å². The van der Waals surface area contributed by atoms with Crippen LogP contribution in [0, 0.1) is 0 Å². The molecule has 42 heavy (non-hydrogen) atoms. The Hall–Kier alpha value is -4.15. The summed E-state index contributed by atoms with van der Waals surface area (Å²) in [6.45, 7) is 3.59. The number of imide groups is 1. The number of alkyl halides is 1. The molecule has 11 heteroatoms. The normalized spacial score (nSPS) is 23.6. The molecule has 4 amide bonds. The summed E-state index contributed by atoms with van der Waals surface area (Å²) in [6, 6.07) is 20.9. The Bertz CT molecular complexity index is 1570. The van der Waals surface area contributed by atoms with Crippen LogP contribution in [0.25, 0.3) is 0 Å². The lowest BCUT2D eigenvalue weighted by Gasteiger charge is -2.50. The molecule has 0 bridgehead atoms. The Balaban J connectivity index is 1.25. The Labute approximate surface area is 251 Å². The van der Waals surface area contributed by atoms with Gasteiger partial charge in [-0.3, -0.25) is 28.4 Å². The highest BCUT2D eigenvalue weighted by Crippen LogP contribution is 2.50. The standard InChI is InChI=1S/C31H26ClN3O6S/c1-31(2)24(34-25(32)23(28(34)38)33-26(36)20-15-9-10-16-21(20)27(33)37)29(39)35(42-31)22(19-13-7-4-8-14-19)30(40)41-17-18-11-5-3-6-12-18/h3-16,22-25H,17H2,1-2H3/t22-,23-,24-,25+/m0/s1. The zero-order valence-corrected chi connectivity index (χ0v) is 24.2. The molecule has 214 valence electrons. The number of esters is 1. The first-order valence-corrected chi connectivity index (χ1v) is 14.5. The van der Waals surface area contributed by atoms with E-state index >= 15 is 0 Å². The first-order valence-electron chi connectivity index (χ1n) is 13.3. The number of nitrogens with zero attached hydrogens (tertiary/aromatic N) is 3. The molecule has 3 heterocycles. The van der Waals surface area contributed by atoms with Gasteiger partial charge in [0.25, 0.3) is 23.6 Å². The summed E-state index contributed by atoms with van der Waals surface area (Å²) in [5.74, 6) is -2.93. The van der Waals surface area contributed by atoms with Crippen molar-refractivity contribution in [3.8, 4) is 0 Å². The van der Waals surface area contributed by atoms with E-state index in [4.69, 9.17) is 16.3 Å². The average Bonchev–Trinajstić information content (AvgIpc) is 3.37. The van der Waals surface area contributed by atoms with Gasteiger partial charge in [0.05, 0.1) is 15.9 Å². The number of hydrogen-bond donors (Lipinski definition) is 0. The van der Waals surface area contributed by atoms with Crippen LogP contribution in [-0.4, -0.2) is 66.0 Å². The number of β-lactam (4-membered cyclic amide) rings is 1. The van der Waals surface area contributed by atoms with Crippen molar-refractivity contribution in [3.05, 3.63) is 107 Å². The van der Waals surface area contributed by atoms with Gasteiger partial charge in [0.2, 0.25) is 0 Å². The van der Waals surface area contributed by atoms with Gasteiger partial charge < -0.3 is 9.64 Å². The molecule has 9 nitrogen and oxygen atoms in total. The molecule has 0 aromatic heterocycles. The summed E-state index contributed by atoms with van der Waals surface area (Å²) in [7, 11) is 0. The van der Waals surface area contributed by atoms with Gasteiger partial charge in [-0.2, -0.15) is 0 Å². The van der Waals surface area contributed by atoms with Gasteiger partial charge >= 0.3 is 5.97 Å². The van der Waals surface area contributed by atoms with Crippen molar-refractivity contribution in [2.45, 2.75) is 48.8 Å². The van der Waals surface area contributed by atoms with E-state index in [1.165, 1.54) is 21.3 Å². The second-order valence-electron chi connectivity index (χ2n) is 10.8. The molecular formula is C31H26ClN3O6S. The maximum absolute atomic E-state index is 14.1. The fourth-order valence-electron chi connectivity index (χ4n) is 5.64. The van der Waals surface area contributed by atoms with Crippen LogP contribution in [0.5, 0.6) is 0 Å². The molecule has 2 fully saturated rings. The Morgan fingerprint density at radius 1 is 0.857 bits per heavy atom. The number of hydrogen-bond acceptors (Lipinski definition) is 7. The summed E-state index contributed by atoms with van der Waals surface area (Å²) in [5.41, 5.74) is 0.627. The zero-order chi connectivity index (χ0) is 29.8. The van der Waals surface area contributed by atoms with Gasteiger partial charge in [-0.25, -0.2) is 4.79 Å². The average molecular weight is 604 g/mol. The number of fused-ring (bicyclic) bond motifs is 1. The third kappa shape index (κ3) is 4.46. The molecule has 6 rings (SSSR count). The van der Waals surface area contributed by atoms with E-state index in [-0.39, 0.29) is 17.7 Å². The highest BCUT2D eigenvalue weighted by Gasteiger charge is 2.64. The molecule has 0 spiro atoms. The molecule has 0 aliphatic carbocycles. The van der Waals surface area contributed by atoms with Gasteiger partial charge in [0, 0.05) is 0 Å². The lowest BCUT2D eigenvalue weighted by Crippen LogP contribution is -2.74. The van der Waals surface area contributed by atoms with E-state index in [1.807, 2.05) is 30.3 Å². The quantitative estimate of drug-likeness (QED) is 0.0996. The number of likely N-dealkylation sites (tertiary alicyclic amines) is 1. The smallest absolute Gasteiger partial charge is 0.334 e. The van der Waals surface area contributed by atoms with Crippen molar-refractivity contribution in [2.24, 2.45) is 0 Å². The number of benzene rings is 3. The van der Waals surface area contributed by atoms with Crippen LogP contribution in [0.4, 0.5) is 0 Å². The number of carbonyl (C=O) groups excluding carboxylic acids is 5. The molecule has 4 atom stereocenters. The summed E-state index contributed by atoms with van der Waals surface area (Å²) < 4.78 is 6.10. The molecule has 3 aliphatic heterocycles. The molecule has 0 radical (unpaired) electrons. The highest BCUT2D eigenvalue weighted by atomic mass is 35.5. The molecule has 3 aromatic rings. The SMILES string of the molecule is CC1(C)SN([C@H](C(=O)OCc2ccccc2)c2ccccc2)C(=O)[C@@H]1N1C(=O)[C@@H](N2C(=O)c3ccccc3C2=O)[C@@H]1Cl.